The van der Waals surface area contributed by atoms with Crippen molar-refractivity contribution in [2.24, 2.45) is 5.92 Å². The predicted octanol–water partition coefficient (Wildman–Crippen LogP) is 4.80. The van der Waals surface area contributed by atoms with Crippen molar-refractivity contribution in [2.75, 3.05) is 18.4 Å². The molecular formula is C24H25ClN4O2. The number of nitrogens with zero attached hydrogens (tertiary/aromatic N) is 3. The zero-order valence-electron chi connectivity index (χ0n) is 17.6. The van der Waals surface area contributed by atoms with E-state index in [-0.39, 0.29) is 24.3 Å². The lowest BCUT2D eigenvalue weighted by Gasteiger charge is -2.22. The molecule has 1 N–H and O–H groups in total. The molecule has 160 valence electrons. The molecule has 0 saturated carbocycles. The fourth-order valence-corrected chi connectivity index (χ4v) is 3.31. The minimum Gasteiger partial charge on any atom is -0.329 e. The third-order valence-electron chi connectivity index (χ3n) is 4.60. The summed E-state index contributed by atoms with van der Waals surface area (Å²) in [6, 6.07) is 17.0. The van der Waals surface area contributed by atoms with Crippen LogP contribution >= 0.6 is 11.6 Å². The summed E-state index contributed by atoms with van der Waals surface area (Å²) in [5.74, 6) is -0.324. The summed E-state index contributed by atoms with van der Waals surface area (Å²) < 4.78 is 1.77. The first kappa shape index (κ1) is 22.3. The van der Waals surface area contributed by atoms with Gasteiger partial charge in [0.25, 0.3) is 0 Å². The molecule has 3 aromatic rings. The zero-order valence-corrected chi connectivity index (χ0v) is 18.3. The van der Waals surface area contributed by atoms with Crippen molar-refractivity contribution in [3.8, 4) is 16.9 Å². The molecule has 0 saturated heterocycles. The van der Waals surface area contributed by atoms with Gasteiger partial charge in [-0.25, -0.2) is 4.98 Å². The van der Waals surface area contributed by atoms with Crippen LogP contribution in [0.15, 0.2) is 73.4 Å². The largest absolute Gasteiger partial charge is 0.329 e. The summed E-state index contributed by atoms with van der Waals surface area (Å²) in [5.41, 5.74) is 2.39. The number of imidazole rings is 1. The lowest BCUT2D eigenvalue weighted by atomic mass is 10.2. The topological polar surface area (TPSA) is 67.2 Å². The third-order valence-corrected chi connectivity index (χ3v) is 4.84. The summed E-state index contributed by atoms with van der Waals surface area (Å²) >= 11 is 6.17. The Morgan fingerprint density at radius 1 is 1.19 bits per heavy atom. The molecule has 0 spiro atoms. The van der Waals surface area contributed by atoms with E-state index in [4.69, 9.17) is 11.6 Å². The SMILES string of the molecule is C=CCN(CC(=O)Nc1nc(-c2ccccc2)cn1-c1cccc(Cl)c1)C(=O)C(C)C. The van der Waals surface area contributed by atoms with E-state index in [0.717, 1.165) is 11.3 Å². The Hall–Kier alpha value is -3.38. The smallest absolute Gasteiger partial charge is 0.246 e. The highest BCUT2D eigenvalue weighted by Gasteiger charge is 2.20. The fourth-order valence-electron chi connectivity index (χ4n) is 3.13. The van der Waals surface area contributed by atoms with E-state index in [0.29, 0.717) is 23.2 Å². The molecule has 0 aliphatic carbocycles. The van der Waals surface area contributed by atoms with Crippen molar-refractivity contribution in [1.82, 2.24) is 14.5 Å². The number of anilines is 1. The Labute approximate surface area is 187 Å². The van der Waals surface area contributed by atoms with Crippen LogP contribution in [-0.4, -0.2) is 39.4 Å². The monoisotopic (exact) mass is 436 g/mol. The average molecular weight is 437 g/mol. The highest BCUT2D eigenvalue weighted by molar-refractivity contribution is 6.30. The third kappa shape index (κ3) is 5.61. The summed E-state index contributed by atoms with van der Waals surface area (Å²) in [7, 11) is 0. The van der Waals surface area contributed by atoms with E-state index in [9.17, 15) is 9.59 Å². The van der Waals surface area contributed by atoms with Crippen molar-refractivity contribution in [3.05, 3.63) is 78.5 Å². The molecule has 1 aromatic heterocycles. The molecule has 3 rings (SSSR count). The highest BCUT2D eigenvalue weighted by Crippen LogP contribution is 2.25. The minimum absolute atomic E-state index is 0.0912. The van der Waals surface area contributed by atoms with Gasteiger partial charge in [-0.3, -0.25) is 19.5 Å². The maximum absolute atomic E-state index is 12.8. The van der Waals surface area contributed by atoms with Gasteiger partial charge in [-0.2, -0.15) is 0 Å². The fraction of sp³-hybridized carbons (Fsp3) is 0.208. The second-order valence-corrected chi connectivity index (χ2v) is 7.81. The van der Waals surface area contributed by atoms with Crippen LogP contribution in [0.5, 0.6) is 0 Å². The van der Waals surface area contributed by atoms with Crippen molar-refractivity contribution in [2.45, 2.75) is 13.8 Å². The number of halogens is 1. The van der Waals surface area contributed by atoms with E-state index in [1.54, 1.807) is 36.6 Å². The van der Waals surface area contributed by atoms with Gasteiger partial charge in [0, 0.05) is 34.9 Å². The molecule has 0 atom stereocenters. The number of rotatable bonds is 8. The molecule has 0 fully saturated rings. The molecule has 2 amide bonds. The summed E-state index contributed by atoms with van der Waals surface area (Å²) in [6.07, 6.45) is 3.45. The molecule has 0 aliphatic rings. The van der Waals surface area contributed by atoms with E-state index in [1.165, 1.54) is 4.90 Å². The van der Waals surface area contributed by atoms with Gasteiger partial charge in [-0.05, 0) is 18.2 Å². The zero-order chi connectivity index (χ0) is 22.4. The van der Waals surface area contributed by atoms with Gasteiger partial charge in [-0.15, -0.1) is 6.58 Å². The standard InChI is InChI=1S/C24H25ClN4O2/c1-4-13-28(23(31)17(2)3)16-22(30)27-24-26-21(18-9-6-5-7-10-18)15-29(24)20-12-8-11-19(25)14-20/h4-12,14-15,17H,1,13,16H2,2-3H3,(H,26,27,30). The molecule has 2 aromatic carbocycles. The number of aromatic nitrogens is 2. The van der Waals surface area contributed by atoms with Crippen LogP contribution in [0.25, 0.3) is 16.9 Å². The lowest BCUT2D eigenvalue weighted by Crippen LogP contribution is -2.40. The van der Waals surface area contributed by atoms with Crippen molar-refractivity contribution in [1.29, 1.82) is 0 Å². The first-order valence-electron chi connectivity index (χ1n) is 9.99. The Bertz CT molecular complexity index is 1080. The molecule has 7 heteroatoms. The van der Waals surface area contributed by atoms with Crippen LogP contribution in [0.1, 0.15) is 13.8 Å². The van der Waals surface area contributed by atoms with Gasteiger partial charge < -0.3 is 4.90 Å². The number of hydrogen-bond donors (Lipinski definition) is 1. The number of carbonyl (C=O) groups is 2. The van der Waals surface area contributed by atoms with Crippen molar-refractivity contribution in [3.63, 3.8) is 0 Å². The van der Waals surface area contributed by atoms with Crippen LogP contribution in [-0.2, 0) is 9.59 Å². The van der Waals surface area contributed by atoms with E-state index in [2.05, 4.69) is 16.9 Å². The summed E-state index contributed by atoms with van der Waals surface area (Å²) in [6.45, 7) is 7.48. The van der Waals surface area contributed by atoms with Crippen LogP contribution < -0.4 is 5.32 Å². The first-order valence-corrected chi connectivity index (χ1v) is 10.4. The van der Waals surface area contributed by atoms with Gasteiger partial charge in [0.2, 0.25) is 17.8 Å². The van der Waals surface area contributed by atoms with Gasteiger partial charge >= 0.3 is 0 Å². The van der Waals surface area contributed by atoms with Crippen LogP contribution in [0.2, 0.25) is 5.02 Å². The first-order chi connectivity index (χ1) is 14.9. The second-order valence-electron chi connectivity index (χ2n) is 7.38. The quantitative estimate of drug-likeness (QED) is 0.515. The Morgan fingerprint density at radius 2 is 1.94 bits per heavy atom. The van der Waals surface area contributed by atoms with Crippen LogP contribution in [0, 0.1) is 5.92 Å². The Morgan fingerprint density at radius 3 is 2.58 bits per heavy atom. The van der Waals surface area contributed by atoms with Crippen molar-refractivity contribution < 1.29 is 9.59 Å². The molecule has 31 heavy (non-hydrogen) atoms. The van der Waals surface area contributed by atoms with Gasteiger partial charge in [0.15, 0.2) is 0 Å². The Balaban J connectivity index is 1.91. The van der Waals surface area contributed by atoms with Crippen molar-refractivity contribution >= 4 is 29.4 Å². The summed E-state index contributed by atoms with van der Waals surface area (Å²) in [5, 5.41) is 3.42. The van der Waals surface area contributed by atoms with E-state index >= 15 is 0 Å². The highest BCUT2D eigenvalue weighted by atomic mass is 35.5. The number of hydrogen-bond acceptors (Lipinski definition) is 3. The van der Waals surface area contributed by atoms with Gasteiger partial charge in [-0.1, -0.05) is 67.9 Å². The number of nitrogens with one attached hydrogen (secondary N) is 1. The second kappa shape index (κ2) is 10.1. The molecule has 6 nitrogen and oxygen atoms in total. The number of carbonyl (C=O) groups excluding carboxylic acids is 2. The number of amides is 2. The average Bonchev–Trinajstić information content (AvgIpc) is 3.17. The minimum atomic E-state index is -0.343. The number of benzene rings is 2. The normalized spacial score (nSPS) is 10.7. The van der Waals surface area contributed by atoms with Crippen LogP contribution in [0.4, 0.5) is 5.95 Å². The van der Waals surface area contributed by atoms with E-state index < -0.39 is 0 Å². The lowest BCUT2D eigenvalue weighted by molar-refractivity contribution is -0.136. The molecule has 0 aliphatic heterocycles. The van der Waals surface area contributed by atoms with E-state index in [1.807, 2.05) is 48.7 Å². The Kier molecular flexibility index (Phi) is 7.26. The molecule has 1 heterocycles. The predicted molar refractivity (Wildman–Crippen MR) is 124 cm³/mol. The van der Waals surface area contributed by atoms with Gasteiger partial charge in [0.1, 0.15) is 6.54 Å². The maximum atomic E-state index is 12.8. The van der Waals surface area contributed by atoms with Crippen LogP contribution in [0.3, 0.4) is 0 Å². The molecular weight excluding hydrogens is 412 g/mol. The van der Waals surface area contributed by atoms with Gasteiger partial charge in [0.05, 0.1) is 5.69 Å². The molecule has 0 radical (unpaired) electrons. The molecule has 0 bridgehead atoms. The maximum Gasteiger partial charge on any atom is 0.246 e. The molecule has 0 unspecified atom stereocenters. The summed E-state index contributed by atoms with van der Waals surface area (Å²) in [4.78, 5) is 31.3.